The minimum absolute atomic E-state index is 0.0964. The lowest BCUT2D eigenvalue weighted by atomic mass is 10.1. The van der Waals surface area contributed by atoms with Gasteiger partial charge in [0.15, 0.2) is 0 Å². The van der Waals surface area contributed by atoms with E-state index in [4.69, 9.17) is 0 Å². The van der Waals surface area contributed by atoms with Crippen LogP contribution in [0, 0.1) is 0 Å². The summed E-state index contributed by atoms with van der Waals surface area (Å²) in [5.41, 5.74) is 1.20. The Morgan fingerprint density at radius 1 is 1.22 bits per heavy atom. The van der Waals surface area contributed by atoms with Crippen LogP contribution in [0.5, 0.6) is 0 Å². The largest absolute Gasteiger partial charge is 0.351 e. The minimum atomic E-state index is 0.0964. The van der Waals surface area contributed by atoms with Gasteiger partial charge in [-0.05, 0) is 39.4 Å². The van der Waals surface area contributed by atoms with Gasteiger partial charge in [-0.1, -0.05) is 30.3 Å². The summed E-state index contributed by atoms with van der Waals surface area (Å²) in [5, 5.41) is 4.95. The number of halogens is 1. The van der Waals surface area contributed by atoms with Crippen LogP contribution in [0.2, 0.25) is 0 Å². The van der Waals surface area contributed by atoms with Gasteiger partial charge in [-0.2, -0.15) is 0 Å². The smallest absolute Gasteiger partial charge is 0.220 e. The van der Waals surface area contributed by atoms with Gasteiger partial charge in [-0.15, -0.1) is 11.3 Å². The van der Waals surface area contributed by atoms with Crippen molar-refractivity contribution in [2.24, 2.45) is 0 Å². The zero-order chi connectivity index (χ0) is 12.8. The third-order valence-electron chi connectivity index (χ3n) is 2.62. The van der Waals surface area contributed by atoms with Crippen LogP contribution in [0.15, 0.2) is 46.3 Å². The van der Waals surface area contributed by atoms with E-state index in [-0.39, 0.29) is 5.91 Å². The second-order valence-corrected chi connectivity index (χ2v) is 5.81. The third kappa shape index (κ3) is 3.96. The number of hydrogen-bond donors (Lipinski definition) is 1. The number of thiophene rings is 1. The molecular formula is C14H14BrNOS. The highest BCUT2D eigenvalue weighted by atomic mass is 79.9. The summed E-state index contributed by atoms with van der Waals surface area (Å²) >= 11 is 5.10. The third-order valence-corrected chi connectivity index (χ3v) is 4.55. The molecule has 0 saturated carbocycles. The summed E-state index contributed by atoms with van der Waals surface area (Å²) in [6.45, 7) is 0.603. The Bertz CT molecular complexity index is 510. The first-order valence-electron chi connectivity index (χ1n) is 5.78. The molecule has 0 aliphatic carbocycles. The van der Waals surface area contributed by atoms with Crippen molar-refractivity contribution in [1.29, 1.82) is 0 Å². The predicted octanol–water partition coefficient (Wildman–Crippen LogP) is 3.76. The van der Waals surface area contributed by atoms with E-state index >= 15 is 0 Å². The molecule has 94 valence electrons. The molecule has 1 heterocycles. The number of hydrogen-bond acceptors (Lipinski definition) is 2. The minimum Gasteiger partial charge on any atom is -0.351 e. The fourth-order valence-corrected chi connectivity index (χ4v) is 3.05. The van der Waals surface area contributed by atoms with Gasteiger partial charge < -0.3 is 5.32 Å². The molecule has 1 amide bonds. The van der Waals surface area contributed by atoms with Crippen molar-refractivity contribution in [2.75, 3.05) is 0 Å². The van der Waals surface area contributed by atoms with Gasteiger partial charge in [-0.3, -0.25) is 4.79 Å². The molecule has 0 radical (unpaired) electrons. The number of amides is 1. The van der Waals surface area contributed by atoms with Crippen LogP contribution in [0.25, 0.3) is 0 Å². The lowest BCUT2D eigenvalue weighted by molar-refractivity contribution is -0.121. The zero-order valence-corrected chi connectivity index (χ0v) is 12.3. The number of benzene rings is 1. The molecule has 0 fully saturated rings. The maximum absolute atomic E-state index is 11.7. The number of aryl methyl sites for hydroxylation is 1. The standard InChI is InChI=1S/C14H14BrNOS/c15-12-8-9-18-13(12)10-16-14(17)7-6-11-4-2-1-3-5-11/h1-5,8-9H,6-7,10H2,(H,16,17). The second kappa shape index (κ2) is 6.71. The van der Waals surface area contributed by atoms with Gasteiger partial charge in [0.05, 0.1) is 6.54 Å². The van der Waals surface area contributed by atoms with Gasteiger partial charge >= 0.3 is 0 Å². The van der Waals surface area contributed by atoms with Gasteiger partial charge in [0.2, 0.25) is 5.91 Å². The molecule has 1 N–H and O–H groups in total. The summed E-state index contributed by atoms with van der Waals surface area (Å²) in [6.07, 6.45) is 1.32. The van der Waals surface area contributed by atoms with E-state index in [2.05, 4.69) is 21.2 Å². The molecule has 4 heteroatoms. The van der Waals surface area contributed by atoms with Gasteiger partial charge in [-0.25, -0.2) is 0 Å². The van der Waals surface area contributed by atoms with Crippen LogP contribution in [0.3, 0.4) is 0 Å². The Kier molecular flexibility index (Phi) is 4.96. The first-order chi connectivity index (χ1) is 8.75. The highest BCUT2D eigenvalue weighted by Crippen LogP contribution is 2.22. The van der Waals surface area contributed by atoms with E-state index in [1.807, 2.05) is 41.8 Å². The summed E-state index contributed by atoms with van der Waals surface area (Å²) in [6, 6.07) is 12.1. The normalized spacial score (nSPS) is 10.3. The molecule has 0 saturated heterocycles. The molecule has 0 atom stereocenters. The molecule has 0 unspecified atom stereocenters. The molecule has 18 heavy (non-hydrogen) atoms. The first kappa shape index (κ1) is 13.3. The van der Waals surface area contributed by atoms with Crippen LogP contribution >= 0.6 is 27.3 Å². The molecule has 1 aromatic heterocycles. The van der Waals surface area contributed by atoms with Crippen molar-refractivity contribution in [1.82, 2.24) is 5.32 Å². The number of carbonyl (C=O) groups is 1. The maximum atomic E-state index is 11.7. The number of carbonyl (C=O) groups excluding carboxylic acids is 1. The van der Waals surface area contributed by atoms with Crippen molar-refractivity contribution >= 4 is 33.2 Å². The Hall–Kier alpha value is -1.13. The molecule has 2 aromatic rings. The lowest BCUT2D eigenvalue weighted by Gasteiger charge is -2.04. The summed E-state index contributed by atoms with van der Waals surface area (Å²) in [4.78, 5) is 12.9. The monoisotopic (exact) mass is 323 g/mol. The molecule has 0 bridgehead atoms. The Balaban J connectivity index is 1.75. The molecule has 0 aliphatic rings. The lowest BCUT2D eigenvalue weighted by Crippen LogP contribution is -2.22. The van der Waals surface area contributed by atoms with Crippen LogP contribution < -0.4 is 5.32 Å². The second-order valence-electron chi connectivity index (χ2n) is 3.95. The summed E-state index contributed by atoms with van der Waals surface area (Å²) in [5.74, 6) is 0.0964. The molecule has 0 aliphatic heterocycles. The highest BCUT2D eigenvalue weighted by molar-refractivity contribution is 9.10. The van der Waals surface area contributed by atoms with E-state index in [0.717, 1.165) is 15.8 Å². The van der Waals surface area contributed by atoms with Gasteiger partial charge in [0.1, 0.15) is 0 Å². The fraction of sp³-hybridized carbons (Fsp3) is 0.214. The topological polar surface area (TPSA) is 29.1 Å². The van der Waals surface area contributed by atoms with Crippen molar-refractivity contribution in [2.45, 2.75) is 19.4 Å². The SMILES string of the molecule is O=C(CCc1ccccc1)NCc1sccc1Br. The Morgan fingerprint density at radius 3 is 2.67 bits per heavy atom. The first-order valence-corrected chi connectivity index (χ1v) is 7.45. The summed E-state index contributed by atoms with van der Waals surface area (Å²) in [7, 11) is 0. The van der Waals surface area contributed by atoms with Crippen molar-refractivity contribution in [3.05, 3.63) is 56.7 Å². The van der Waals surface area contributed by atoms with Crippen LogP contribution in [-0.2, 0) is 17.8 Å². The van der Waals surface area contributed by atoms with Crippen LogP contribution in [0.1, 0.15) is 16.9 Å². The fourth-order valence-electron chi connectivity index (χ4n) is 1.62. The van der Waals surface area contributed by atoms with Crippen molar-refractivity contribution in [3.8, 4) is 0 Å². The Morgan fingerprint density at radius 2 is 2.00 bits per heavy atom. The molecular weight excluding hydrogens is 310 g/mol. The molecule has 2 nitrogen and oxygen atoms in total. The summed E-state index contributed by atoms with van der Waals surface area (Å²) < 4.78 is 1.07. The highest BCUT2D eigenvalue weighted by Gasteiger charge is 2.05. The van der Waals surface area contributed by atoms with Gasteiger partial charge in [0.25, 0.3) is 0 Å². The Labute approximate surface area is 119 Å². The average molecular weight is 324 g/mol. The van der Waals surface area contributed by atoms with E-state index < -0.39 is 0 Å². The van der Waals surface area contributed by atoms with Crippen LogP contribution in [-0.4, -0.2) is 5.91 Å². The molecule has 2 rings (SSSR count). The van der Waals surface area contributed by atoms with E-state index in [9.17, 15) is 4.79 Å². The maximum Gasteiger partial charge on any atom is 0.220 e. The van der Waals surface area contributed by atoms with Crippen molar-refractivity contribution < 1.29 is 4.79 Å². The van der Waals surface area contributed by atoms with E-state index in [0.29, 0.717) is 13.0 Å². The zero-order valence-electron chi connectivity index (χ0n) is 9.86. The van der Waals surface area contributed by atoms with Crippen LogP contribution in [0.4, 0.5) is 0 Å². The molecule has 1 aromatic carbocycles. The van der Waals surface area contributed by atoms with E-state index in [1.54, 1.807) is 11.3 Å². The number of rotatable bonds is 5. The quantitative estimate of drug-likeness (QED) is 0.891. The van der Waals surface area contributed by atoms with E-state index in [1.165, 1.54) is 5.56 Å². The number of nitrogens with one attached hydrogen (secondary N) is 1. The predicted molar refractivity (Wildman–Crippen MR) is 78.6 cm³/mol. The van der Waals surface area contributed by atoms with Gasteiger partial charge in [0, 0.05) is 15.8 Å². The van der Waals surface area contributed by atoms with Crippen molar-refractivity contribution in [3.63, 3.8) is 0 Å². The average Bonchev–Trinajstić information content (AvgIpc) is 2.81. The molecule has 0 spiro atoms.